The number of rotatable bonds is 6. The first kappa shape index (κ1) is 22.6. The third-order valence-electron chi connectivity index (χ3n) is 5.88. The van der Waals surface area contributed by atoms with E-state index in [1.54, 1.807) is 0 Å². The molecule has 4 aromatic carbocycles. The van der Waals surface area contributed by atoms with Crippen molar-refractivity contribution in [3.05, 3.63) is 101 Å². The van der Waals surface area contributed by atoms with Crippen LogP contribution in [0.25, 0.3) is 21.9 Å². The Bertz CT molecular complexity index is 1290. The zero-order valence-corrected chi connectivity index (χ0v) is 20.0. The molecule has 0 saturated heterocycles. The normalized spacial score (nSPS) is 12.1. The van der Waals surface area contributed by atoms with Crippen LogP contribution in [0, 0.1) is 13.8 Å². The summed E-state index contributed by atoms with van der Waals surface area (Å²) in [4.78, 5) is 13.6. The Morgan fingerprint density at radius 1 is 0.818 bits per heavy atom. The van der Waals surface area contributed by atoms with Crippen LogP contribution >= 0.6 is 0 Å². The molecule has 0 aliphatic heterocycles. The summed E-state index contributed by atoms with van der Waals surface area (Å²) in [6.07, 6.45) is 0.0234. The van der Waals surface area contributed by atoms with Crippen molar-refractivity contribution >= 4 is 16.7 Å². The molecule has 33 heavy (non-hydrogen) atoms. The van der Waals surface area contributed by atoms with Crippen LogP contribution in [-0.2, 0) is 0 Å². The van der Waals surface area contributed by atoms with Gasteiger partial charge in [0.05, 0.1) is 12.1 Å². The van der Waals surface area contributed by atoms with Crippen LogP contribution in [0.1, 0.15) is 53.9 Å². The molecule has 0 aliphatic rings. The number of benzene rings is 4. The maximum atomic E-state index is 13.6. The standard InChI is InChI=1S/C30H31NO2/c1-19(2)33-27-18-20(3)17-21(4)28(27)29-25-14-10-9-13-24(25)15-16-26(29)30(32)31-22(5)23-11-7-6-8-12-23/h6-19,22H,1-5H3,(H,31,32)/t22-/m1/s1. The molecule has 0 bridgehead atoms. The van der Waals surface area contributed by atoms with Crippen molar-refractivity contribution < 1.29 is 9.53 Å². The average Bonchev–Trinajstić information content (AvgIpc) is 2.78. The predicted molar refractivity (Wildman–Crippen MR) is 137 cm³/mol. The SMILES string of the molecule is Cc1cc(C)c(-c2c(C(=O)N[C@H](C)c3ccccc3)ccc3ccccc23)c(OC(C)C)c1. The van der Waals surface area contributed by atoms with Gasteiger partial charge in [-0.1, -0.05) is 66.7 Å². The number of hydrogen-bond donors (Lipinski definition) is 1. The summed E-state index contributed by atoms with van der Waals surface area (Å²) in [6.45, 7) is 10.2. The molecule has 0 radical (unpaired) electrons. The number of carbonyl (C=O) groups excluding carboxylic acids is 1. The number of nitrogens with one attached hydrogen (secondary N) is 1. The minimum atomic E-state index is -0.108. The molecule has 0 spiro atoms. The predicted octanol–water partition coefficient (Wildman–Crippen LogP) is 7.40. The largest absolute Gasteiger partial charge is 0.490 e. The van der Waals surface area contributed by atoms with Gasteiger partial charge in [0.15, 0.2) is 0 Å². The second kappa shape index (κ2) is 9.50. The first-order valence-electron chi connectivity index (χ1n) is 11.5. The van der Waals surface area contributed by atoms with Crippen LogP contribution < -0.4 is 10.1 Å². The van der Waals surface area contributed by atoms with Crippen LogP contribution in [0.4, 0.5) is 0 Å². The van der Waals surface area contributed by atoms with E-state index >= 15 is 0 Å². The highest BCUT2D eigenvalue weighted by Crippen LogP contribution is 2.41. The maximum absolute atomic E-state index is 13.6. The van der Waals surface area contributed by atoms with E-state index in [0.717, 1.165) is 44.3 Å². The molecule has 1 amide bonds. The first-order chi connectivity index (χ1) is 15.8. The molecule has 0 unspecified atom stereocenters. The van der Waals surface area contributed by atoms with E-state index in [9.17, 15) is 4.79 Å². The van der Waals surface area contributed by atoms with Gasteiger partial charge in [0.25, 0.3) is 5.91 Å². The Labute approximate surface area is 196 Å². The summed E-state index contributed by atoms with van der Waals surface area (Å²) >= 11 is 0. The molecule has 4 rings (SSSR count). The Hall–Kier alpha value is -3.59. The van der Waals surface area contributed by atoms with Crippen molar-refractivity contribution in [2.24, 2.45) is 0 Å². The fraction of sp³-hybridized carbons (Fsp3) is 0.233. The van der Waals surface area contributed by atoms with Gasteiger partial charge in [-0.15, -0.1) is 0 Å². The highest BCUT2D eigenvalue weighted by molar-refractivity contribution is 6.11. The fourth-order valence-electron chi connectivity index (χ4n) is 4.43. The zero-order chi connectivity index (χ0) is 23.5. The molecule has 0 aliphatic carbocycles. The van der Waals surface area contributed by atoms with Crippen molar-refractivity contribution in [1.29, 1.82) is 0 Å². The van der Waals surface area contributed by atoms with Crippen molar-refractivity contribution in [3.63, 3.8) is 0 Å². The lowest BCUT2D eigenvalue weighted by Crippen LogP contribution is -2.27. The Balaban J connectivity index is 1.90. The maximum Gasteiger partial charge on any atom is 0.252 e. The van der Waals surface area contributed by atoms with Crippen molar-refractivity contribution in [1.82, 2.24) is 5.32 Å². The summed E-state index contributed by atoms with van der Waals surface area (Å²) in [6, 6.07) is 26.3. The molecule has 1 N–H and O–H groups in total. The molecule has 168 valence electrons. The smallest absolute Gasteiger partial charge is 0.252 e. The summed E-state index contributed by atoms with van der Waals surface area (Å²) in [5, 5.41) is 5.33. The summed E-state index contributed by atoms with van der Waals surface area (Å²) in [5.74, 6) is 0.714. The average molecular weight is 438 g/mol. The van der Waals surface area contributed by atoms with Gasteiger partial charge in [-0.05, 0) is 74.2 Å². The van der Waals surface area contributed by atoms with E-state index in [2.05, 4.69) is 43.4 Å². The van der Waals surface area contributed by atoms with Gasteiger partial charge in [-0.25, -0.2) is 0 Å². The monoisotopic (exact) mass is 437 g/mol. The van der Waals surface area contributed by atoms with Crippen molar-refractivity contribution in [3.8, 4) is 16.9 Å². The second-order valence-corrected chi connectivity index (χ2v) is 8.94. The van der Waals surface area contributed by atoms with Crippen LogP contribution in [-0.4, -0.2) is 12.0 Å². The van der Waals surface area contributed by atoms with Crippen LogP contribution in [0.3, 0.4) is 0 Å². The number of ether oxygens (including phenoxy) is 1. The van der Waals surface area contributed by atoms with Gasteiger partial charge in [0.1, 0.15) is 5.75 Å². The third kappa shape index (κ3) is 4.78. The topological polar surface area (TPSA) is 38.3 Å². The number of carbonyl (C=O) groups is 1. The molecule has 0 fully saturated rings. The molecule has 1 atom stereocenters. The number of fused-ring (bicyclic) bond motifs is 1. The van der Waals surface area contributed by atoms with E-state index in [1.165, 1.54) is 0 Å². The summed E-state index contributed by atoms with van der Waals surface area (Å²) < 4.78 is 6.26. The van der Waals surface area contributed by atoms with Gasteiger partial charge in [-0.3, -0.25) is 4.79 Å². The van der Waals surface area contributed by atoms with Crippen LogP contribution in [0.15, 0.2) is 78.9 Å². The highest BCUT2D eigenvalue weighted by Gasteiger charge is 2.22. The number of amides is 1. The van der Waals surface area contributed by atoms with Crippen molar-refractivity contribution in [2.75, 3.05) is 0 Å². The Kier molecular flexibility index (Phi) is 6.50. The lowest BCUT2D eigenvalue weighted by molar-refractivity contribution is 0.0940. The molecule has 0 saturated carbocycles. The quantitative estimate of drug-likeness (QED) is 0.341. The lowest BCUT2D eigenvalue weighted by Gasteiger charge is -2.22. The highest BCUT2D eigenvalue weighted by atomic mass is 16.5. The van der Waals surface area contributed by atoms with Gasteiger partial charge >= 0.3 is 0 Å². The zero-order valence-electron chi connectivity index (χ0n) is 20.0. The first-order valence-corrected chi connectivity index (χ1v) is 11.5. The fourth-order valence-corrected chi connectivity index (χ4v) is 4.43. The van der Waals surface area contributed by atoms with Gasteiger partial charge in [-0.2, -0.15) is 0 Å². The Morgan fingerprint density at radius 3 is 2.24 bits per heavy atom. The molecule has 4 aromatic rings. The molecule has 3 nitrogen and oxygen atoms in total. The molecule has 0 aromatic heterocycles. The van der Waals surface area contributed by atoms with Gasteiger partial charge in [0, 0.05) is 16.7 Å². The molecule has 0 heterocycles. The minimum Gasteiger partial charge on any atom is -0.490 e. The van der Waals surface area contributed by atoms with E-state index < -0.39 is 0 Å². The minimum absolute atomic E-state index is 0.0234. The molecular formula is C30H31NO2. The van der Waals surface area contributed by atoms with Gasteiger partial charge in [0.2, 0.25) is 0 Å². The van der Waals surface area contributed by atoms with Gasteiger partial charge < -0.3 is 10.1 Å². The molecular weight excluding hydrogens is 406 g/mol. The van der Waals surface area contributed by atoms with Crippen molar-refractivity contribution in [2.45, 2.75) is 46.8 Å². The van der Waals surface area contributed by atoms with E-state index in [4.69, 9.17) is 4.74 Å². The third-order valence-corrected chi connectivity index (χ3v) is 5.88. The number of hydrogen-bond acceptors (Lipinski definition) is 2. The van der Waals surface area contributed by atoms with E-state index in [0.29, 0.717) is 5.56 Å². The Morgan fingerprint density at radius 2 is 1.52 bits per heavy atom. The number of aryl methyl sites for hydroxylation is 2. The second-order valence-electron chi connectivity index (χ2n) is 8.94. The summed E-state index contributed by atoms with van der Waals surface area (Å²) in [5.41, 5.74) is 5.84. The summed E-state index contributed by atoms with van der Waals surface area (Å²) in [7, 11) is 0. The van der Waals surface area contributed by atoms with Crippen LogP contribution in [0.2, 0.25) is 0 Å². The molecule has 3 heteroatoms. The van der Waals surface area contributed by atoms with E-state index in [1.807, 2.05) is 75.4 Å². The van der Waals surface area contributed by atoms with E-state index in [-0.39, 0.29) is 18.1 Å². The lowest BCUT2D eigenvalue weighted by atomic mass is 9.89. The van der Waals surface area contributed by atoms with Crippen LogP contribution in [0.5, 0.6) is 5.75 Å².